The van der Waals surface area contributed by atoms with Crippen molar-refractivity contribution in [2.75, 3.05) is 13.1 Å². The third kappa shape index (κ3) is 9.67. The van der Waals surface area contributed by atoms with E-state index in [0.717, 1.165) is 49.9 Å². The lowest BCUT2D eigenvalue weighted by molar-refractivity contribution is -0.156. The Kier molecular flexibility index (Phi) is 12.8. The van der Waals surface area contributed by atoms with Gasteiger partial charge in [-0.15, -0.1) is 17.0 Å². The first-order valence-corrected chi connectivity index (χ1v) is 14.9. The van der Waals surface area contributed by atoms with Gasteiger partial charge in [-0.25, -0.2) is 0 Å². The quantitative estimate of drug-likeness (QED) is 0.150. The summed E-state index contributed by atoms with van der Waals surface area (Å²) in [5.74, 6) is 1.22. The van der Waals surface area contributed by atoms with Crippen LogP contribution >= 0.6 is 17.0 Å². The second-order valence-electron chi connectivity index (χ2n) is 11.7. The zero-order valence-corrected chi connectivity index (χ0v) is 27.0. The first-order chi connectivity index (χ1) is 20.9. The zero-order valence-electron chi connectivity index (χ0n) is 25.2. The minimum absolute atomic E-state index is 0. The molecule has 13 heteroatoms. The SMILES string of the molecule is Br.CC(=O)Oc1ccc2c(c1OC(C)=O)C[C@@H]1CCCN[C@H]1C2.O=CC(F)(F)F.Oc1ccc2c(c1O)C[C@@H]1CCCN[C@H]1C2. The van der Waals surface area contributed by atoms with E-state index in [9.17, 15) is 33.0 Å². The summed E-state index contributed by atoms with van der Waals surface area (Å²) in [5.41, 5.74) is 4.33. The lowest BCUT2D eigenvalue weighted by Crippen LogP contribution is -2.46. The zero-order chi connectivity index (χ0) is 32.0. The van der Waals surface area contributed by atoms with Crippen molar-refractivity contribution in [2.45, 2.75) is 83.5 Å². The number of hydrogen-bond donors (Lipinski definition) is 4. The number of ether oxygens (including phenoxy) is 2. The number of benzene rings is 2. The predicted octanol–water partition coefficient (Wildman–Crippen LogP) is 4.89. The largest absolute Gasteiger partial charge is 0.504 e. The molecule has 6 rings (SSSR count). The standard InChI is InChI=1S/C17H21NO4.C13H17NO2.C2HF3O.BrH/c1-10(19)21-16-6-5-12-9-15-13(4-3-7-18-15)8-14(12)17(16)22-11(2)20;15-12-4-3-8-7-11-9(2-1-5-14-11)6-10(8)13(12)16;3-2(4,5)1-6;/h5-6,13,15,18H,3-4,7-9H2,1-2H3;3-4,9,11,14-16H,1-2,5-7H2;1H;1H/t13-,15-;9-,11-;;/m00../s1. The van der Waals surface area contributed by atoms with Crippen LogP contribution in [0.3, 0.4) is 0 Å². The molecule has 2 aromatic carbocycles. The Hall–Kier alpha value is -3.16. The Bertz CT molecular complexity index is 1370. The van der Waals surface area contributed by atoms with E-state index < -0.39 is 24.4 Å². The minimum Gasteiger partial charge on any atom is -0.504 e. The maximum absolute atomic E-state index is 11.4. The molecule has 4 aliphatic rings. The smallest absolute Gasteiger partial charge is 0.446 e. The molecule has 4 atom stereocenters. The number of esters is 2. The van der Waals surface area contributed by atoms with Crippen LogP contribution in [0.1, 0.15) is 61.8 Å². The van der Waals surface area contributed by atoms with Gasteiger partial charge >= 0.3 is 18.1 Å². The van der Waals surface area contributed by atoms with Crippen molar-refractivity contribution in [2.24, 2.45) is 11.8 Å². The van der Waals surface area contributed by atoms with Crippen molar-refractivity contribution in [1.82, 2.24) is 10.6 Å². The van der Waals surface area contributed by atoms with Crippen LogP contribution in [0.4, 0.5) is 13.2 Å². The number of alkyl halides is 3. The highest BCUT2D eigenvalue weighted by Gasteiger charge is 2.34. The average molecular weight is 702 g/mol. The Balaban J connectivity index is 0.000000211. The molecule has 2 aromatic rings. The minimum atomic E-state index is -4.64. The van der Waals surface area contributed by atoms with Crippen LogP contribution in [0.25, 0.3) is 0 Å². The van der Waals surface area contributed by atoms with Crippen molar-refractivity contribution in [3.05, 3.63) is 46.5 Å². The van der Waals surface area contributed by atoms with Gasteiger partial charge in [-0.2, -0.15) is 13.2 Å². The fourth-order valence-electron chi connectivity index (χ4n) is 6.64. The maximum atomic E-state index is 11.4. The van der Waals surface area contributed by atoms with Crippen molar-refractivity contribution in [1.29, 1.82) is 0 Å². The number of carbonyl (C=O) groups is 3. The van der Waals surface area contributed by atoms with Crippen LogP contribution in [0.5, 0.6) is 23.0 Å². The summed E-state index contributed by atoms with van der Waals surface area (Å²) in [6.45, 7) is 4.89. The number of halogens is 4. The van der Waals surface area contributed by atoms with E-state index in [-0.39, 0.29) is 28.5 Å². The van der Waals surface area contributed by atoms with Gasteiger partial charge in [0.25, 0.3) is 0 Å². The Labute approximate surface area is 270 Å². The summed E-state index contributed by atoms with van der Waals surface area (Å²) in [7, 11) is 0. The Morgan fingerprint density at radius 1 is 0.822 bits per heavy atom. The second-order valence-corrected chi connectivity index (χ2v) is 11.7. The fraction of sp³-hybridized carbons (Fsp3) is 0.531. The van der Waals surface area contributed by atoms with Crippen molar-refractivity contribution in [3.63, 3.8) is 0 Å². The molecule has 0 radical (unpaired) electrons. The molecule has 248 valence electrons. The Morgan fingerprint density at radius 2 is 1.31 bits per heavy atom. The number of piperidine rings is 2. The van der Waals surface area contributed by atoms with Gasteiger partial charge in [0.15, 0.2) is 23.0 Å². The van der Waals surface area contributed by atoms with E-state index in [1.807, 2.05) is 12.1 Å². The summed E-state index contributed by atoms with van der Waals surface area (Å²) in [6.07, 6.45) is 2.74. The summed E-state index contributed by atoms with van der Waals surface area (Å²) in [4.78, 5) is 31.4. The van der Waals surface area contributed by atoms with E-state index in [2.05, 4.69) is 10.6 Å². The molecule has 0 bridgehead atoms. The number of aromatic hydroxyl groups is 2. The number of phenolic OH excluding ortho intramolecular Hbond substituents is 2. The van der Waals surface area contributed by atoms with E-state index in [4.69, 9.17) is 14.3 Å². The number of hydrogen-bond acceptors (Lipinski definition) is 9. The number of aldehydes is 1. The molecular formula is C32H40BrF3N2O7. The van der Waals surface area contributed by atoms with Crippen LogP contribution in [0, 0.1) is 11.8 Å². The molecule has 2 aliphatic heterocycles. The normalized spacial score (nSPS) is 22.9. The molecule has 2 fully saturated rings. The third-order valence-corrected chi connectivity index (χ3v) is 8.58. The lowest BCUT2D eigenvalue weighted by Gasteiger charge is -2.38. The summed E-state index contributed by atoms with van der Waals surface area (Å²) in [5, 5.41) is 26.5. The lowest BCUT2D eigenvalue weighted by atomic mass is 9.76. The van der Waals surface area contributed by atoms with E-state index in [1.165, 1.54) is 50.7 Å². The second kappa shape index (κ2) is 15.9. The number of rotatable bonds is 2. The molecule has 0 saturated carbocycles. The number of fused-ring (bicyclic) bond motifs is 4. The molecule has 0 aromatic heterocycles. The molecular weight excluding hydrogens is 661 g/mol. The monoisotopic (exact) mass is 700 g/mol. The van der Waals surface area contributed by atoms with Crippen LogP contribution < -0.4 is 20.1 Å². The molecule has 0 unspecified atom stereocenters. The molecule has 0 amide bonds. The summed E-state index contributed by atoms with van der Waals surface area (Å²) in [6, 6.07) is 8.29. The predicted molar refractivity (Wildman–Crippen MR) is 165 cm³/mol. The molecule has 2 heterocycles. The van der Waals surface area contributed by atoms with Gasteiger partial charge in [0.05, 0.1) is 0 Å². The van der Waals surface area contributed by atoms with Gasteiger partial charge in [-0.05, 0) is 99.6 Å². The molecule has 4 N–H and O–H groups in total. The van der Waals surface area contributed by atoms with Crippen LogP contribution in [-0.4, -0.2) is 59.8 Å². The number of nitrogens with one attached hydrogen (secondary N) is 2. The van der Waals surface area contributed by atoms with Crippen molar-refractivity contribution in [3.8, 4) is 23.0 Å². The highest BCUT2D eigenvalue weighted by molar-refractivity contribution is 8.93. The first kappa shape index (κ1) is 36.3. The highest BCUT2D eigenvalue weighted by atomic mass is 79.9. The molecule has 9 nitrogen and oxygen atoms in total. The van der Waals surface area contributed by atoms with E-state index >= 15 is 0 Å². The van der Waals surface area contributed by atoms with E-state index in [1.54, 1.807) is 12.1 Å². The number of carbonyl (C=O) groups excluding carboxylic acids is 3. The van der Waals surface area contributed by atoms with E-state index in [0.29, 0.717) is 35.4 Å². The molecule has 0 spiro atoms. The molecule has 2 saturated heterocycles. The molecule has 2 aliphatic carbocycles. The summed E-state index contributed by atoms with van der Waals surface area (Å²) >= 11 is 0. The topological polar surface area (TPSA) is 134 Å². The summed E-state index contributed by atoms with van der Waals surface area (Å²) < 4.78 is 41.9. The first-order valence-electron chi connectivity index (χ1n) is 14.9. The van der Waals surface area contributed by atoms with Gasteiger partial charge in [0.2, 0.25) is 6.29 Å². The van der Waals surface area contributed by atoms with Gasteiger partial charge in [0, 0.05) is 37.1 Å². The van der Waals surface area contributed by atoms with Gasteiger partial charge in [0.1, 0.15) is 0 Å². The van der Waals surface area contributed by atoms with Crippen LogP contribution in [-0.2, 0) is 40.1 Å². The van der Waals surface area contributed by atoms with Crippen molar-refractivity contribution < 1.29 is 47.2 Å². The van der Waals surface area contributed by atoms with Gasteiger partial charge in [-0.3, -0.25) is 14.4 Å². The third-order valence-electron chi connectivity index (χ3n) is 8.58. The maximum Gasteiger partial charge on any atom is 0.446 e. The van der Waals surface area contributed by atoms with Gasteiger partial charge < -0.3 is 30.3 Å². The van der Waals surface area contributed by atoms with Crippen LogP contribution in [0.2, 0.25) is 0 Å². The average Bonchev–Trinajstić information content (AvgIpc) is 2.98. The highest BCUT2D eigenvalue weighted by Crippen LogP contribution is 2.42. The molecule has 45 heavy (non-hydrogen) atoms. The fourth-order valence-corrected chi connectivity index (χ4v) is 6.64. The van der Waals surface area contributed by atoms with Crippen molar-refractivity contribution >= 4 is 35.2 Å². The number of phenols is 2. The Morgan fingerprint density at radius 3 is 1.82 bits per heavy atom. The van der Waals surface area contributed by atoms with Gasteiger partial charge in [-0.1, -0.05) is 12.1 Å². The van der Waals surface area contributed by atoms with Crippen LogP contribution in [0.15, 0.2) is 24.3 Å².